The summed E-state index contributed by atoms with van der Waals surface area (Å²) in [5.74, 6) is -3.35. The summed E-state index contributed by atoms with van der Waals surface area (Å²) in [6, 6.07) is 9.44. The minimum atomic E-state index is -2.27. The van der Waals surface area contributed by atoms with Gasteiger partial charge in [0, 0.05) is 73.4 Å². The van der Waals surface area contributed by atoms with Crippen molar-refractivity contribution >= 4 is 20.3 Å². The third-order valence-corrected chi connectivity index (χ3v) is 16.9. The minimum absolute atomic E-state index is 0.00825. The zero-order valence-electron chi connectivity index (χ0n) is 44.0. The van der Waals surface area contributed by atoms with Gasteiger partial charge in [-0.15, -0.1) is 0 Å². The summed E-state index contributed by atoms with van der Waals surface area (Å²) < 4.78 is 88.2. The van der Waals surface area contributed by atoms with E-state index in [0.717, 1.165) is 5.56 Å². The van der Waals surface area contributed by atoms with Crippen LogP contribution in [0.25, 0.3) is 0 Å². The molecule has 0 saturated carbocycles. The normalized spacial score (nSPS) is 17.9. The molecule has 0 aliphatic carbocycles. The molecule has 392 valence electrons. The minimum Gasteiger partial charge on any atom is -0.462 e. The summed E-state index contributed by atoms with van der Waals surface area (Å²) in [6.07, 6.45) is -2.65. The van der Waals surface area contributed by atoms with E-state index in [1.54, 1.807) is 28.1 Å². The average molecular weight is 979 g/mol. The summed E-state index contributed by atoms with van der Waals surface area (Å²) in [6.45, 7) is 22.4. The Bertz CT molecular complexity index is 1420. The summed E-state index contributed by atoms with van der Waals surface area (Å²) in [7, 11) is 6.98. The van der Waals surface area contributed by atoms with Crippen molar-refractivity contribution in [1.82, 2.24) is 0 Å². The molecule has 1 rings (SSSR count). The Hall–Kier alpha value is -2.14. The molecule has 0 radical (unpaired) electrons. The Labute approximate surface area is 404 Å². The number of hydrogen-bond donors (Lipinski definition) is 0. The monoisotopic (exact) mass is 979 g/mol. The van der Waals surface area contributed by atoms with Crippen LogP contribution in [0.2, 0.25) is 18.1 Å². The van der Waals surface area contributed by atoms with E-state index < -0.39 is 80.6 Å². The highest BCUT2D eigenvalue weighted by Crippen LogP contribution is 2.39. The summed E-state index contributed by atoms with van der Waals surface area (Å²) >= 11 is 0. The molecule has 1 aromatic rings. The number of ether oxygens (including phenoxy) is 14. The molecule has 0 aliphatic heterocycles. The zero-order valence-corrected chi connectivity index (χ0v) is 45.0. The molecule has 12 atom stereocenters. The second kappa shape index (κ2) is 34.2. The number of carbonyl (C=O) groups excluding carboxylic acids is 2. The molecule has 0 aliphatic rings. The predicted octanol–water partition coefficient (Wildman–Crippen LogP) is 8.11. The van der Waals surface area contributed by atoms with Gasteiger partial charge in [-0.3, -0.25) is 9.59 Å². The van der Waals surface area contributed by atoms with Crippen LogP contribution in [0, 0.1) is 23.7 Å². The van der Waals surface area contributed by atoms with Crippen molar-refractivity contribution in [3.63, 3.8) is 0 Å². The van der Waals surface area contributed by atoms with E-state index in [0.29, 0.717) is 12.8 Å². The first kappa shape index (κ1) is 62.9. The maximum Gasteiger partial charge on any atom is 0.311 e. The molecule has 1 aromatic carbocycles. The Morgan fingerprint density at radius 1 is 0.522 bits per heavy atom. The van der Waals surface area contributed by atoms with Crippen molar-refractivity contribution in [3.8, 4) is 0 Å². The van der Waals surface area contributed by atoms with Crippen molar-refractivity contribution in [2.75, 3.05) is 83.4 Å². The molecule has 0 heterocycles. The van der Waals surface area contributed by atoms with Gasteiger partial charge >= 0.3 is 11.9 Å². The van der Waals surface area contributed by atoms with Gasteiger partial charge in [-0.1, -0.05) is 65.0 Å². The van der Waals surface area contributed by atoms with Crippen LogP contribution < -0.4 is 0 Å². The fraction of sp³-hybridized carbons (Fsp3) is 0.837. The first-order valence-electron chi connectivity index (χ1n) is 23.4. The topological polar surface area (TPSA) is 173 Å². The van der Waals surface area contributed by atoms with Gasteiger partial charge in [0.2, 0.25) is 0 Å². The standard InChI is InChI=1S/C49H90O17Si/c1-34(59-28-52-10)23-41(25-43(61-30-54-12)36(3)45(63-32-56-14)38(5)47(50)58-27-40-21-19-18-20-22-40)65-48(51)39(6)46(64-33-57-15)37(4)44(62-31-55-13)26-42(24-35(2)60-29-53-11)66-67(16,17)49(7,8)9/h18-22,34-39,41-46H,23-33H2,1-17H3/t34-,35-,36+,37+,38+,39+,41+,42+,43+,44+,45+,46+/m1/s1. The van der Waals surface area contributed by atoms with Crippen molar-refractivity contribution in [2.45, 2.75) is 162 Å². The Morgan fingerprint density at radius 2 is 0.910 bits per heavy atom. The lowest BCUT2D eigenvalue weighted by Gasteiger charge is -2.42. The number of hydrogen-bond acceptors (Lipinski definition) is 17. The fourth-order valence-corrected chi connectivity index (χ4v) is 8.92. The van der Waals surface area contributed by atoms with Crippen LogP contribution in [0.5, 0.6) is 0 Å². The highest BCUT2D eigenvalue weighted by Gasteiger charge is 2.43. The van der Waals surface area contributed by atoms with E-state index >= 15 is 0 Å². The molecule has 0 amide bonds. The van der Waals surface area contributed by atoms with Crippen LogP contribution in [0.15, 0.2) is 30.3 Å². The van der Waals surface area contributed by atoms with E-state index in [9.17, 15) is 9.59 Å². The van der Waals surface area contributed by atoms with Crippen molar-refractivity contribution in [3.05, 3.63) is 35.9 Å². The van der Waals surface area contributed by atoms with Gasteiger partial charge in [-0.2, -0.15) is 0 Å². The van der Waals surface area contributed by atoms with E-state index in [4.69, 9.17) is 70.7 Å². The third kappa shape index (κ3) is 24.0. The first-order chi connectivity index (χ1) is 31.7. The first-order valence-corrected chi connectivity index (χ1v) is 26.3. The van der Waals surface area contributed by atoms with Gasteiger partial charge in [-0.25, -0.2) is 0 Å². The smallest absolute Gasteiger partial charge is 0.311 e. The summed E-state index contributed by atoms with van der Waals surface area (Å²) in [4.78, 5) is 28.1. The number of benzene rings is 1. The van der Waals surface area contributed by atoms with E-state index in [1.807, 2.05) is 58.0 Å². The van der Waals surface area contributed by atoms with E-state index in [2.05, 4.69) is 33.9 Å². The van der Waals surface area contributed by atoms with Gasteiger partial charge < -0.3 is 70.7 Å². The van der Waals surface area contributed by atoms with Crippen molar-refractivity contribution in [1.29, 1.82) is 0 Å². The Kier molecular flexibility index (Phi) is 32.1. The quantitative estimate of drug-likeness (QED) is 0.0351. The second-order valence-electron chi connectivity index (χ2n) is 19.0. The summed E-state index contributed by atoms with van der Waals surface area (Å²) in [5.41, 5.74) is 0.857. The zero-order chi connectivity index (χ0) is 50.6. The maximum absolute atomic E-state index is 14.6. The molecule has 0 N–H and O–H groups in total. The third-order valence-electron chi connectivity index (χ3n) is 12.4. The number of rotatable bonds is 39. The van der Waals surface area contributed by atoms with Crippen molar-refractivity contribution < 1.29 is 80.3 Å². The Balaban J connectivity index is 3.62. The number of esters is 2. The van der Waals surface area contributed by atoms with Gasteiger partial charge in [0.25, 0.3) is 0 Å². The molecule has 67 heavy (non-hydrogen) atoms. The lowest BCUT2D eigenvalue weighted by atomic mass is 9.85. The van der Waals surface area contributed by atoms with Crippen LogP contribution in [0.3, 0.4) is 0 Å². The molecule has 0 bridgehead atoms. The van der Waals surface area contributed by atoms with Crippen LogP contribution >= 0.6 is 0 Å². The molecule has 0 unspecified atom stereocenters. The molecule has 18 heteroatoms. The molecule has 0 aromatic heterocycles. The van der Waals surface area contributed by atoms with Crippen LogP contribution in [0.1, 0.15) is 93.6 Å². The van der Waals surface area contributed by atoms with Gasteiger partial charge in [0.05, 0.1) is 48.5 Å². The lowest BCUT2D eigenvalue weighted by Crippen LogP contribution is -2.48. The highest BCUT2D eigenvalue weighted by atomic mass is 28.4. The van der Waals surface area contributed by atoms with Gasteiger partial charge in [0.1, 0.15) is 53.5 Å². The highest BCUT2D eigenvalue weighted by molar-refractivity contribution is 6.74. The van der Waals surface area contributed by atoms with Crippen LogP contribution in [0.4, 0.5) is 0 Å². The van der Waals surface area contributed by atoms with E-state index in [-0.39, 0.29) is 77.5 Å². The maximum atomic E-state index is 14.6. The molecule has 0 fully saturated rings. The molecular formula is C49H90O17Si. The second-order valence-corrected chi connectivity index (χ2v) is 23.7. The molecular weight excluding hydrogens is 889 g/mol. The van der Waals surface area contributed by atoms with Crippen LogP contribution in [-0.4, -0.2) is 153 Å². The number of carbonyl (C=O) groups is 2. The van der Waals surface area contributed by atoms with Gasteiger partial charge in [0.15, 0.2) is 8.32 Å². The number of methoxy groups -OCH3 is 6. The SMILES string of the molecule is COCO[C@@H]([C@@H](C)[C@H](C[C@H](C[C@@H](C)OCOC)OC(=O)[C@@H](C)[C@@H](OCOC)[C@@H](C)[C@H](C[C@H](C[C@@H](C)OCOC)O[Si](C)(C)C(C)(C)C)OCOC)OCOC)[C@H](C)C(=O)OCc1ccccc1. The van der Waals surface area contributed by atoms with Gasteiger partial charge in [-0.05, 0) is 64.2 Å². The fourth-order valence-electron chi connectivity index (χ4n) is 7.54. The van der Waals surface area contributed by atoms with E-state index in [1.165, 1.54) is 28.4 Å². The lowest BCUT2D eigenvalue weighted by molar-refractivity contribution is -0.186. The average Bonchev–Trinajstić information content (AvgIpc) is 3.28. The predicted molar refractivity (Wildman–Crippen MR) is 255 cm³/mol. The van der Waals surface area contributed by atoms with Crippen LogP contribution in [-0.2, 0) is 86.9 Å². The largest absolute Gasteiger partial charge is 0.462 e. The molecule has 0 spiro atoms. The van der Waals surface area contributed by atoms with Crippen molar-refractivity contribution in [2.24, 2.45) is 23.7 Å². The summed E-state index contributed by atoms with van der Waals surface area (Å²) in [5, 5.41) is -0.0583. The molecule has 17 nitrogen and oxygen atoms in total. The Morgan fingerprint density at radius 3 is 1.34 bits per heavy atom. The molecule has 0 saturated heterocycles.